The molecule has 5 nitrogen and oxygen atoms in total. The van der Waals surface area contributed by atoms with E-state index in [1.54, 1.807) is 23.9 Å². The third-order valence-corrected chi connectivity index (χ3v) is 7.11. The van der Waals surface area contributed by atoms with Crippen LogP contribution in [0.4, 0.5) is 18.9 Å². The molecule has 2 amide bonds. The number of rotatable bonds is 8. The minimum absolute atomic E-state index is 0.163. The van der Waals surface area contributed by atoms with Crippen LogP contribution in [0.3, 0.4) is 0 Å². The molecule has 2 aromatic rings. The molecule has 0 N–H and O–H groups in total. The van der Waals surface area contributed by atoms with E-state index < -0.39 is 30.0 Å². The topological polar surface area (TPSA) is 53.0 Å². The first-order valence-corrected chi connectivity index (χ1v) is 13.3. The van der Waals surface area contributed by atoms with Gasteiger partial charge in [-0.2, -0.15) is 30.0 Å². The molecule has 35 heavy (non-hydrogen) atoms. The lowest BCUT2D eigenvalue weighted by Crippen LogP contribution is -2.48. The second-order valence-electron chi connectivity index (χ2n) is 8.44. The SMILES string of the molecule is CSCCCC1(C)CN(CC(=O)N(C(=O)C(F)(F)F)c2ccc(Br)cc2)N=C1c1ccc(Cl)cc1. The second kappa shape index (κ2) is 11.3. The molecule has 0 radical (unpaired) electrons. The van der Waals surface area contributed by atoms with Gasteiger partial charge in [0.1, 0.15) is 6.54 Å². The minimum Gasteiger partial charge on any atom is -0.286 e. The van der Waals surface area contributed by atoms with Gasteiger partial charge in [0.15, 0.2) is 0 Å². The summed E-state index contributed by atoms with van der Waals surface area (Å²) in [6.45, 7) is 1.88. The lowest BCUT2D eigenvalue weighted by Gasteiger charge is -2.28. The van der Waals surface area contributed by atoms with Crippen molar-refractivity contribution in [2.75, 3.05) is 30.0 Å². The maximum Gasteiger partial charge on any atom is 0.472 e. The van der Waals surface area contributed by atoms with E-state index in [1.165, 1.54) is 29.3 Å². The molecule has 1 atom stereocenters. The van der Waals surface area contributed by atoms with Crippen molar-refractivity contribution in [1.82, 2.24) is 5.01 Å². The van der Waals surface area contributed by atoms with Gasteiger partial charge in [-0.1, -0.05) is 46.6 Å². The third kappa shape index (κ3) is 6.80. The molecule has 1 aliphatic heterocycles. The Morgan fingerprint density at radius 2 is 1.80 bits per heavy atom. The highest BCUT2D eigenvalue weighted by Crippen LogP contribution is 2.36. The maximum atomic E-state index is 13.3. The Balaban J connectivity index is 1.90. The van der Waals surface area contributed by atoms with Gasteiger partial charge in [0, 0.05) is 21.5 Å². The van der Waals surface area contributed by atoms with Gasteiger partial charge >= 0.3 is 12.1 Å². The summed E-state index contributed by atoms with van der Waals surface area (Å²) in [4.78, 5) is 25.5. The van der Waals surface area contributed by atoms with Crippen LogP contribution in [0.2, 0.25) is 5.02 Å². The van der Waals surface area contributed by atoms with Crippen LogP contribution >= 0.6 is 39.3 Å². The first-order valence-electron chi connectivity index (χ1n) is 10.7. The smallest absolute Gasteiger partial charge is 0.286 e. The number of hydrogen-bond acceptors (Lipinski definition) is 5. The van der Waals surface area contributed by atoms with E-state index in [0.717, 1.165) is 29.9 Å². The van der Waals surface area contributed by atoms with E-state index in [2.05, 4.69) is 21.0 Å². The fourth-order valence-electron chi connectivity index (χ4n) is 4.00. The van der Waals surface area contributed by atoms with Crippen molar-refractivity contribution < 1.29 is 22.8 Å². The molecule has 1 heterocycles. The van der Waals surface area contributed by atoms with Crippen molar-refractivity contribution in [1.29, 1.82) is 0 Å². The first kappa shape index (κ1) is 27.5. The fourth-order valence-corrected chi connectivity index (χ4v) is 4.83. The summed E-state index contributed by atoms with van der Waals surface area (Å²) < 4.78 is 40.6. The zero-order chi connectivity index (χ0) is 25.8. The number of anilines is 1. The predicted molar refractivity (Wildman–Crippen MR) is 138 cm³/mol. The Kier molecular flexibility index (Phi) is 8.93. The molecule has 0 aliphatic carbocycles. The van der Waals surface area contributed by atoms with Crippen molar-refractivity contribution in [3.8, 4) is 0 Å². The van der Waals surface area contributed by atoms with Crippen LogP contribution in [0.1, 0.15) is 25.3 Å². The standard InChI is InChI=1S/C24H24BrClF3N3O2S/c1-23(12-3-13-35-2)15-31(30-21(23)16-4-8-18(26)9-5-16)14-20(33)32(22(34)24(27,28)29)19-10-6-17(25)7-11-19/h4-11H,3,12-15H2,1-2H3. The number of carbonyl (C=O) groups is 2. The van der Waals surface area contributed by atoms with E-state index in [9.17, 15) is 22.8 Å². The monoisotopic (exact) mass is 589 g/mol. The summed E-state index contributed by atoms with van der Waals surface area (Å²) in [5.74, 6) is -2.31. The van der Waals surface area contributed by atoms with Gasteiger partial charge in [0.25, 0.3) is 5.91 Å². The molecule has 1 aliphatic rings. The average Bonchev–Trinajstić information content (AvgIpc) is 3.11. The summed E-state index contributed by atoms with van der Waals surface area (Å²) in [5, 5.41) is 6.64. The predicted octanol–water partition coefficient (Wildman–Crippen LogP) is 6.39. The number of alkyl halides is 3. The van der Waals surface area contributed by atoms with E-state index in [4.69, 9.17) is 11.6 Å². The summed E-state index contributed by atoms with van der Waals surface area (Å²) in [6, 6.07) is 12.7. The lowest BCUT2D eigenvalue weighted by molar-refractivity contribution is -0.171. The number of thioether (sulfide) groups is 1. The Labute approximate surface area is 219 Å². The van der Waals surface area contributed by atoms with Gasteiger partial charge < -0.3 is 0 Å². The van der Waals surface area contributed by atoms with Crippen LogP contribution in [0.25, 0.3) is 0 Å². The van der Waals surface area contributed by atoms with Gasteiger partial charge in [-0.3, -0.25) is 14.6 Å². The van der Waals surface area contributed by atoms with Crippen molar-refractivity contribution in [2.24, 2.45) is 10.5 Å². The van der Waals surface area contributed by atoms with Gasteiger partial charge in [-0.25, -0.2) is 4.90 Å². The molecule has 0 spiro atoms. The molecule has 3 rings (SSSR count). The van der Waals surface area contributed by atoms with Gasteiger partial charge in [0.2, 0.25) is 0 Å². The van der Waals surface area contributed by atoms with Crippen LogP contribution in [0, 0.1) is 5.41 Å². The molecule has 0 aromatic heterocycles. The molecule has 0 saturated carbocycles. The molecule has 0 fully saturated rings. The fraction of sp³-hybridized carbons (Fsp3) is 0.375. The molecule has 0 saturated heterocycles. The second-order valence-corrected chi connectivity index (χ2v) is 10.8. The van der Waals surface area contributed by atoms with Gasteiger partial charge in [0.05, 0.1) is 11.4 Å². The van der Waals surface area contributed by atoms with E-state index in [1.807, 2.05) is 25.3 Å². The highest BCUT2D eigenvalue weighted by Gasteiger charge is 2.46. The molecule has 0 bridgehead atoms. The first-order chi connectivity index (χ1) is 16.4. The van der Waals surface area contributed by atoms with Crippen molar-refractivity contribution in [3.63, 3.8) is 0 Å². The summed E-state index contributed by atoms with van der Waals surface area (Å²) >= 11 is 11.0. The van der Waals surface area contributed by atoms with Crippen LogP contribution < -0.4 is 4.90 Å². The zero-order valence-electron chi connectivity index (χ0n) is 19.1. The number of hydrazone groups is 1. The van der Waals surface area contributed by atoms with E-state index >= 15 is 0 Å². The molecular formula is C24H24BrClF3N3O2S. The van der Waals surface area contributed by atoms with Gasteiger partial charge in [-0.15, -0.1) is 0 Å². The Morgan fingerprint density at radius 3 is 2.37 bits per heavy atom. The molecule has 11 heteroatoms. The van der Waals surface area contributed by atoms with Crippen LogP contribution in [0.5, 0.6) is 0 Å². The highest BCUT2D eigenvalue weighted by molar-refractivity contribution is 9.10. The van der Waals surface area contributed by atoms with Crippen molar-refractivity contribution in [3.05, 3.63) is 63.6 Å². The number of amides is 2. The largest absolute Gasteiger partial charge is 0.472 e. The number of hydrogen-bond donors (Lipinski definition) is 0. The Hall–Kier alpha value is -2.04. The molecule has 1 unspecified atom stereocenters. The number of benzene rings is 2. The number of nitrogens with zero attached hydrogens (tertiary/aromatic N) is 3. The highest BCUT2D eigenvalue weighted by atomic mass is 79.9. The molecule has 188 valence electrons. The number of halogens is 5. The molecule has 2 aromatic carbocycles. The third-order valence-electron chi connectivity index (χ3n) is 5.64. The summed E-state index contributed by atoms with van der Waals surface area (Å²) in [6.07, 6.45) is -1.51. The maximum absolute atomic E-state index is 13.3. The quantitative estimate of drug-likeness (QED) is 0.334. The van der Waals surface area contributed by atoms with Crippen molar-refractivity contribution in [2.45, 2.75) is 25.9 Å². The number of imide groups is 1. The van der Waals surface area contributed by atoms with Crippen molar-refractivity contribution >= 4 is 62.5 Å². The Bertz CT molecular complexity index is 1100. The van der Waals surface area contributed by atoms with Gasteiger partial charge in [-0.05, 0) is 66.8 Å². The minimum atomic E-state index is -5.21. The summed E-state index contributed by atoms with van der Waals surface area (Å²) in [5.41, 5.74) is 0.970. The van der Waals surface area contributed by atoms with Crippen LogP contribution in [-0.2, 0) is 9.59 Å². The average molecular weight is 591 g/mol. The zero-order valence-corrected chi connectivity index (χ0v) is 22.3. The van der Waals surface area contributed by atoms with E-state index in [-0.39, 0.29) is 10.6 Å². The number of carbonyl (C=O) groups excluding carboxylic acids is 2. The normalized spacial score (nSPS) is 17.9. The lowest BCUT2D eigenvalue weighted by atomic mass is 9.78. The molecular weight excluding hydrogens is 567 g/mol. The van der Waals surface area contributed by atoms with Crippen LogP contribution in [-0.4, -0.2) is 53.8 Å². The van der Waals surface area contributed by atoms with E-state index in [0.29, 0.717) is 16.0 Å². The van der Waals surface area contributed by atoms with Crippen LogP contribution in [0.15, 0.2) is 58.1 Å². The Morgan fingerprint density at radius 1 is 1.17 bits per heavy atom. The summed E-state index contributed by atoms with van der Waals surface area (Å²) in [7, 11) is 0.